The third-order valence-corrected chi connectivity index (χ3v) is 7.10. The van der Waals surface area contributed by atoms with E-state index in [1.54, 1.807) is 13.3 Å². The standard InChI is InChI=1S/C28H32N8O.ClH/c1-19(2)35-14-11-23(31-35)22-17-36-25(24(22)21-8-6-5-7-9-21)27(34-13-10-20(16-34)18-37-4)30-26(32-36)28-29-12-15-33(28)3;/h5-9,11-12,14-15,17,19-20H,10,13,16,18H2,1-4H3;1H/t20-;/m1./s1. The molecule has 0 amide bonds. The highest BCUT2D eigenvalue weighted by molar-refractivity contribution is 5.98. The average molecular weight is 533 g/mol. The highest BCUT2D eigenvalue weighted by Crippen LogP contribution is 2.41. The highest BCUT2D eigenvalue weighted by Gasteiger charge is 2.29. The molecular weight excluding hydrogens is 500 g/mol. The summed E-state index contributed by atoms with van der Waals surface area (Å²) in [4.78, 5) is 12.1. The van der Waals surface area contributed by atoms with E-state index in [1.165, 1.54) is 0 Å². The molecule has 0 aliphatic carbocycles. The molecule has 0 unspecified atom stereocenters. The van der Waals surface area contributed by atoms with Crippen LogP contribution in [0.2, 0.25) is 0 Å². The minimum atomic E-state index is 0. The molecule has 5 heterocycles. The van der Waals surface area contributed by atoms with E-state index in [0.29, 0.717) is 11.7 Å². The lowest BCUT2D eigenvalue weighted by atomic mass is 10.0. The summed E-state index contributed by atoms with van der Waals surface area (Å²) in [5, 5.41) is 9.90. The van der Waals surface area contributed by atoms with E-state index in [0.717, 1.165) is 65.7 Å². The number of halogens is 1. The predicted molar refractivity (Wildman–Crippen MR) is 152 cm³/mol. The van der Waals surface area contributed by atoms with E-state index in [1.807, 2.05) is 39.3 Å². The Morgan fingerprint density at radius 1 is 1.08 bits per heavy atom. The Hall–Kier alpha value is -3.69. The molecule has 4 aromatic heterocycles. The van der Waals surface area contributed by atoms with Gasteiger partial charge in [0.15, 0.2) is 11.6 Å². The number of fused-ring (bicyclic) bond motifs is 1. The van der Waals surface area contributed by atoms with Crippen molar-refractivity contribution in [1.29, 1.82) is 0 Å². The molecule has 198 valence electrons. The molecule has 1 aromatic carbocycles. The van der Waals surface area contributed by atoms with Gasteiger partial charge < -0.3 is 14.2 Å². The Morgan fingerprint density at radius 3 is 2.58 bits per heavy atom. The molecule has 1 aliphatic rings. The van der Waals surface area contributed by atoms with Gasteiger partial charge in [-0.25, -0.2) is 14.5 Å². The van der Waals surface area contributed by atoms with Crippen molar-refractivity contribution >= 4 is 23.7 Å². The number of methoxy groups -OCH3 is 1. The van der Waals surface area contributed by atoms with Crippen molar-refractivity contribution in [2.75, 3.05) is 31.7 Å². The van der Waals surface area contributed by atoms with Crippen LogP contribution in [0.3, 0.4) is 0 Å². The molecule has 0 saturated carbocycles. The van der Waals surface area contributed by atoms with Crippen LogP contribution in [-0.4, -0.2) is 60.7 Å². The molecule has 0 bridgehead atoms. The zero-order valence-corrected chi connectivity index (χ0v) is 23.0. The van der Waals surface area contributed by atoms with Crippen LogP contribution in [0.1, 0.15) is 26.3 Å². The number of benzene rings is 1. The van der Waals surface area contributed by atoms with E-state index in [2.05, 4.69) is 60.3 Å². The molecular formula is C28H33ClN8O. The number of rotatable bonds is 7. The van der Waals surface area contributed by atoms with Gasteiger partial charge in [-0.3, -0.25) is 4.68 Å². The van der Waals surface area contributed by atoms with Gasteiger partial charge >= 0.3 is 0 Å². The Kier molecular flexibility index (Phi) is 7.23. The normalized spacial score (nSPS) is 15.5. The van der Waals surface area contributed by atoms with Crippen molar-refractivity contribution < 1.29 is 4.74 Å². The largest absolute Gasteiger partial charge is 0.384 e. The van der Waals surface area contributed by atoms with Gasteiger partial charge in [0.05, 0.1) is 12.3 Å². The Balaban J connectivity index is 0.00000294. The molecule has 5 aromatic rings. The van der Waals surface area contributed by atoms with Crippen molar-refractivity contribution in [3.05, 3.63) is 61.2 Å². The fraction of sp³-hybridized carbons (Fsp3) is 0.357. The SMILES string of the molecule is COC[C@@H]1CCN(c2nc(-c3nccn3C)nn3cc(-c4ccn(C(C)C)n4)c(-c4ccccc4)c23)C1.Cl. The van der Waals surface area contributed by atoms with Crippen LogP contribution in [0.4, 0.5) is 5.82 Å². The summed E-state index contributed by atoms with van der Waals surface area (Å²) in [6.45, 7) is 6.82. The number of imidazole rings is 1. The van der Waals surface area contributed by atoms with Crippen molar-refractivity contribution in [1.82, 2.24) is 33.9 Å². The molecule has 9 nitrogen and oxygen atoms in total. The van der Waals surface area contributed by atoms with Crippen LogP contribution < -0.4 is 4.90 Å². The van der Waals surface area contributed by atoms with Gasteiger partial charge in [-0.1, -0.05) is 30.3 Å². The maximum absolute atomic E-state index is 5.48. The fourth-order valence-electron chi connectivity index (χ4n) is 5.22. The molecule has 1 fully saturated rings. The first kappa shape index (κ1) is 25.9. The van der Waals surface area contributed by atoms with Crippen LogP contribution in [0.5, 0.6) is 0 Å². The quantitative estimate of drug-likeness (QED) is 0.289. The second-order valence-corrected chi connectivity index (χ2v) is 10.0. The van der Waals surface area contributed by atoms with E-state index in [-0.39, 0.29) is 18.4 Å². The first-order valence-corrected chi connectivity index (χ1v) is 12.8. The zero-order valence-electron chi connectivity index (χ0n) is 22.2. The summed E-state index contributed by atoms with van der Waals surface area (Å²) in [5.41, 5.74) is 5.14. The highest BCUT2D eigenvalue weighted by atomic mass is 35.5. The van der Waals surface area contributed by atoms with Crippen molar-refractivity contribution in [2.45, 2.75) is 26.3 Å². The average Bonchev–Trinajstić information content (AvgIpc) is 3.69. The summed E-state index contributed by atoms with van der Waals surface area (Å²) >= 11 is 0. The van der Waals surface area contributed by atoms with Gasteiger partial charge in [0.25, 0.3) is 0 Å². The second-order valence-electron chi connectivity index (χ2n) is 10.0. The van der Waals surface area contributed by atoms with Crippen molar-refractivity contribution in [3.8, 4) is 34.0 Å². The number of ether oxygens (including phenoxy) is 1. The fourth-order valence-corrected chi connectivity index (χ4v) is 5.22. The molecule has 10 heteroatoms. The summed E-state index contributed by atoms with van der Waals surface area (Å²) < 4.78 is 11.4. The minimum absolute atomic E-state index is 0. The van der Waals surface area contributed by atoms with E-state index in [9.17, 15) is 0 Å². The minimum Gasteiger partial charge on any atom is -0.384 e. The first-order chi connectivity index (χ1) is 18.0. The summed E-state index contributed by atoms with van der Waals surface area (Å²) in [6, 6.07) is 12.8. The first-order valence-electron chi connectivity index (χ1n) is 12.8. The Bertz CT molecular complexity index is 1540. The third kappa shape index (κ3) is 4.56. The summed E-state index contributed by atoms with van der Waals surface area (Å²) in [6.07, 6.45) is 8.89. The Morgan fingerprint density at radius 2 is 1.89 bits per heavy atom. The molecule has 1 atom stereocenters. The maximum Gasteiger partial charge on any atom is 0.218 e. The number of aryl methyl sites for hydroxylation is 1. The summed E-state index contributed by atoms with van der Waals surface area (Å²) in [7, 11) is 3.74. The van der Waals surface area contributed by atoms with Gasteiger partial charge in [0.2, 0.25) is 5.82 Å². The molecule has 6 rings (SSSR count). The van der Waals surface area contributed by atoms with Crippen LogP contribution >= 0.6 is 12.4 Å². The lowest BCUT2D eigenvalue weighted by Gasteiger charge is -2.20. The van der Waals surface area contributed by atoms with Gasteiger partial charge in [0, 0.05) is 75.1 Å². The number of aromatic nitrogens is 7. The van der Waals surface area contributed by atoms with Gasteiger partial charge in [0.1, 0.15) is 5.52 Å². The molecule has 1 aliphatic heterocycles. The number of hydrogen-bond acceptors (Lipinski definition) is 6. The molecule has 0 N–H and O–H groups in total. The van der Waals surface area contributed by atoms with Crippen LogP contribution in [-0.2, 0) is 11.8 Å². The third-order valence-electron chi connectivity index (χ3n) is 7.10. The topological polar surface area (TPSA) is 78.3 Å². The van der Waals surface area contributed by atoms with Gasteiger partial charge in [-0.15, -0.1) is 17.5 Å². The van der Waals surface area contributed by atoms with Crippen LogP contribution in [0, 0.1) is 5.92 Å². The van der Waals surface area contributed by atoms with Gasteiger partial charge in [-0.2, -0.15) is 5.10 Å². The van der Waals surface area contributed by atoms with E-state index < -0.39 is 0 Å². The van der Waals surface area contributed by atoms with Crippen LogP contribution in [0.15, 0.2) is 61.2 Å². The van der Waals surface area contributed by atoms with Crippen molar-refractivity contribution in [3.63, 3.8) is 0 Å². The lowest BCUT2D eigenvalue weighted by Crippen LogP contribution is -2.23. The summed E-state index contributed by atoms with van der Waals surface area (Å²) in [5.74, 6) is 2.71. The van der Waals surface area contributed by atoms with Crippen LogP contribution in [0.25, 0.3) is 39.5 Å². The maximum atomic E-state index is 5.48. The molecule has 0 spiro atoms. The second kappa shape index (κ2) is 10.6. The Labute approximate surface area is 228 Å². The predicted octanol–water partition coefficient (Wildman–Crippen LogP) is 5.14. The lowest BCUT2D eigenvalue weighted by molar-refractivity contribution is 0.161. The molecule has 1 saturated heterocycles. The number of hydrogen-bond donors (Lipinski definition) is 0. The zero-order chi connectivity index (χ0) is 25.5. The molecule has 0 radical (unpaired) electrons. The molecule has 38 heavy (non-hydrogen) atoms. The van der Waals surface area contributed by atoms with E-state index in [4.69, 9.17) is 19.9 Å². The monoisotopic (exact) mass is 532 g/mol. The number of anilines is 1. The van der Waals surface area contributed by atoms with Gasteiger partial charge in [-0.05, 0) is 31.9 Å². The van der Waals surface area contributed by atoms with E-state index >= 15 is 0 Å². The van der Waals surface area contributed by atoms with Crippen molar-refractivity contribution in [2.24, 2.45) is 13.0 Å². The number of nitrogens with zero attached hydrogens (tertiary/aromatic N) is 8. The smallest absolute Gasteiger partial charge is 0.218 e.